The lowest BCUT2D eigenvalue weighted by Gasteiger charge is -2.08. The summed E-state index contributed by atoms with van der Waals surface area (Å²) in [5, 5.41) is 2.37. The first-order valence-electron chi connectivity index (χ1n) is 36.3. The summed E-state index contributed by atoms with van der Waals surface area (Å²) in [7, 11) is 10.4. The van der Waals surface area contributed by atoms with Crippen molar-refractivity contribution in [1.29, 1.82) is 0 Å². The van der Waals surface area contributed by atoms with E-state index < -0.39 is 0 Å². The van der Waals surface area contributed by atoms with Gasteiger partial charge in [0.15, 0.2) is 16.9 Å². The largest absolute Gasteiger partial charge is 0.330 e. The molecule has 0 saturated carbocycles. The van der Waals surface area contributed by atoms with E-state index in [0.29, 0.717) is 23.7 Å². The molecule has 0 atom stereocenters. The third-order valence-electron chi connectivity index (χ3n) is 19.4. The number of aromatic nitrogens is 13. The molecule has 0 spiro atoms. The Morgan fingerprint density at radius 2 is 0.721 bits per heavy atom. The Morgan fingerprint density at radius 1 is 0.327 bits per heavy atom. The van der Waals surface area contributed by atoms with Gasteiger partial charge in [-0.3, -0.25) is 4.98 Å². The van der Waals surface area contributed by atoms with Gasteiger partial charge in [0, 0.05) is 60.3 Å². The van der Waals surface area contributed by atoms with Crippen molar-refractivity contribution < 1.29 is 22.8 Å². The second-order valence-corrected chi connectivity index (χ2v) is 28.8. The van der Waals surface area contributed by atoms with Crippen LogP contribution >= 0.6 is 0 Å². The van der Waals surface area contributed by atoms with Gasteiger partial charge in [0.05, 0.1) is 47.8 Å². The zero-order valence-corrected chi connectivity index (χ0v) is 64.0. The quantitative estimate of drug-likeness (QED) is 0.117. The van der Waals surface area contributed by atoms with Gasteiger partial charge in [0.25, 0.3) is 11.0 Å². The molecule has 0 aliphatic heterocycles. The summed E-state index contributed by atoms with van der Waals surface area (Å²) >= 11 is 0. The molecule has 15 rings (SSSR count). The minimum Gasteiger partial charge on any atom is -0.262 e. The summed E-state index contributed by atoms with van der Waals surface area (Å²) in [6.07, 6.45) is 15.2. The number of hydrogen-bond donors (Lipinski definition) is 0. The van der Waals surface area contributed by atoms with Crippen LogP contribution < -0.4 is 22.8 Å². The van der Waals surface area contributed by atoms with Crippen LogP contribution in [0.2, 0.25) is 0 Å². The summed E-state index contributed by atoms with van der Waals surface area (Å²) < 4.78 is 10.9. The average molecular weight is 1380 g/mol. The first-order valence-corrected chi connectivity index (χ1v) is 36.3. The van der Waals surface area contributed by atoms with E-state index in [4.69, 9.17) is 9.97 Å². The number of rotatable bonds is 11. The number of nitrogens with zero attached hydrogens (tertiary/aromatic N) is 13. The van der Waals surface area contributed by atoms with Gasteiger partial charge < -0.3 is 0 Å². The molecule has 0 saturated heterocycles. The Labute approximate surface area is 614 Å². The summed E-state index contributed by atoms with van der Waals surface area (Å²) in [6.45, 7) is 28.3. The van der Waals surface area contributed by atoms with Crippen LogP contribution in [0.4, 0.5) is 0 Å². The molecule has 15 aromatic rings. The highest BCUT2D eigenvalue weighted by molar-refractivity contribution is 5.77. The molecule has 0 bridgehead atoms. The first-order chi connectivity index (χ1) is 50.0. The molecule has 13 nitrogen and oxygen atoms in total. The molecular weight excluding hydrogens is 1280 g/mol. The highest BCUT2D eigenvalue weighted by Crippen LogP contribution is 2.28. The van der Waals surface area contributed by atoms with Gasteiger partial charge in [-0.05, 0) is 174 Å². The number of pyridine rings is 7. The van der Waals surface area contributed by atoms with Gasteiger partial charge in [0.1, 0.15) is 51.1 Å². The summed E-state index contributed by atoms with van der Waals surface area (Å²) in [6, 6.07) is 65.9. The lowest BCUT2D eigenvalue weighted by atomic mass is 10.0. The zero-order valence-electron chi connectivity index (χ0n) is 64.0. The molecule has 0 aliphatic carbocycles. The lowest BCUT2D eigenvalue weighted by Crippen LogP contribution is -2.33. The molecule has 5 aromatic carbocycles. The number of benzene rings is 5. The van der Waals surface area contributed by atoms with Crippen LogP contribution in [0.5, 0.6) is 0 Å². The van der Waals surface area contributed by atoms with Crippen LogP contribution in [-0.4, -0.2) is 39.9 Å². The highest BCUT2D eigenvalue weighted by atomic mass is 15.0. The molecule has 0 radical (unpaired) electrons. The standard InChI is InChI=1S/C20H23N2.C19H22N3.C19H21N2.C18H20N3.C15H14N3/c1-14(2)13-17-11-9-16-10-12-19(22(4)20(16)21-17)18-8-6-5-7-15(18)3;1-13(2)9-15-10-17-19(20-11-15)21-12-18(22(17)4)16-8-6-5-7-14(16)3;1-13(2)17-11-9-15-10-12-18(21(4)19(15)20-17)16-8-6-5-7-14(16)3;1-12(2)14-9-16-18(19-10-14)20-11-17(21(16)4)15-8-6-5-7-13(15)3;1-11-5-3-4-6-12(11)15-10-17-13-9-16-8-7-14(13)18(15)2/h5-12,14H,13H2,1-4H3;5-8,10-13H,9H2,1-4H3;5-13H,1-4H3;5-12H,1-4H3;3-10H,1-2H3/q5*+1. The molecule has 10 aromatic heterocycles. The van der Waals surface area contributed by atoms with Gasteiger partial charge in [0.2, 0.25) is 33.9 Å². The van der Waals surface area contributed by atoms with Crippen molar-refractivity contribution in [2.24, 2.45) is 47.1 Å². The van der Waals surface area contributed by atoms with E-state index in [9.17, 15) is 0 Å². The van der Waals surface area contributed by atoms with Gasteiger partial charge in [-0.15, -0.1) is 0 Å². The molecule has 104 heavy (non-hydrogen) atoms. The summed E-state index contributed by atoms with van der Waals surface area (Å²) in [4.78, 5) is 36.4. The zero-order chi connectivity index (χ0) is 73.9. The van der Waals surface area contributed by atoms with Crippen molar-refractivity contribution in [2.45, 2.75) is 115 Å². The SMILES string of the molecule is Cc1ccccc1-c1ccc2ccc(C(C)C)nc2[n+]1C.Cc1ccccc1-c1ccc2ccc(CC(C)C)nc2[n+]1C.Cc1ccccc1-c1cnc2cnccc2[n+]1C.Cc1ccccc1-c1cnc2ncc(C(C)C)cc2[n+]1C.Cc1ccccc1-c1cnc2ncc(CC(C)C)cc2[n+]1C. The maximum Gasteiger partial charge on any atom is 0.330 e. The molecule has 0 N–H and O–H groups in total. The van der Waals surface area contributed by atoms with Crippen molar-refractivity contribution in [3.05, 3.63) is 282 Å². The third-order valence-corrected chi connectivity index (χ3v) is 19.4. The normalized spacial score (nSPS) is 11.2. The van der Waals surface area contributed by atoms with E-state index in [-0.39, 0.29) is 0 Å². The molecular formula is C91H100N13+5. The number of fused-ring (bicyclic) bond motifs is 5. The molecule has 0 amide bonds. The van der Waals surface area contributed by atoms with Crippen LogP contribution in [0.25, 0.3) is 112 Å². The van der Waals surface area contributed by atoms with E-state index in [0.717, 1.165) is 80.3 Å². The van der Waals surface area contributed by atoms with Crippen LogP contribution in [0, 0.1) is 46.5 Å². The van der Waals surface area contributed by atoms with Gasteiger partial charge in [-0.2, -0.15) is 13.7 Å². The van der Waals surface area contributed by atoms with E-state index in [2.05, 4.69) is 360 Å². The minimum atomic E-state index is 0.441. The Bertz CT molecular complexity index is 5280. The fourth-order valence-corrected chi connectivity index (χ4v) is 13.3. The molecule has 10 heterocycles. The van der Waals surface area contributed by atoms with Gasteiger partial charge in [-0.25, -0.2) is 34.1 Å². The van der Waals surface area contributed by atoms with Crippen molar-refractivity contribution in [1.82, 2.24) is 39.9 Å². The maximum absolute atomic E-state index is 4.89. The first kappa shape index (κ1) is 73.9. The van der Waals surface area contributed by atoms with E-state index in [1.54, 1.807) is 12.4 Å². The Kier molecular flexibility index (Phi) is 23.6. The molecule has 0 unspecified atom stereocenters. The summed E-state index contributed by atoms with van der Waals surface area (Å²) in [5.41, 5.74) is 30.9. The predicted molar refractivity (Wildman–Crippen MR) is 424 cm³/mol. The average Bonchev–Trinajstić information content (AvgIpc) is 0.818. The van der Waals surface area contributed by atoms with Gasteiger partial charge in [-0.1, -0.05) is 159 Å². The van der Waals surface area contributed by atoms with Crippen molar-refractivity contribution in [3.63, 3.8) is 0 Å². The fourth-order valence-electron chi connectivity index (χ4n) is 13.3. The minimum absolute atomic E-state index is 0.441. The number of hydrogen-bond acceptors (Lipinski definition) is 8. The summed E-state index contributed by atoms with van der Waals surface area (Å²) in [5.74, 6) is 2.15. The maximum atomic E-state index is 4.89. The van der Waals surface area contributed by atoms with Crippen LogP contribution in [-0.2, 0) is 48.1 Å². The number of aryl methyl sites for hydroxylation is 10. The second kappa shape index (κ2) is 33.2. The molecule has 524 valence electrons. The van der Waals surface area contributed by atoms with E-state index in [1.807, 2.05) is 37.1 Å². The smallest absolute Gasteiger partial charge is 0.262 e. The monoisotopic (exact) mass is 1370 g/mol. The highest BCUT2D eigenvalue weighted by Gasteiger charge is 2.23. The van der Waals surface area contributed by atoms with Crippen LogP contribution in [0.1, 0.15) is 118 Å². The fraction of sp³-hybridized carbons (Fsp3) is 0.264. The van der Waals surface area contributed by atoms with Crippen LogP contribution in [0.3, 0.4) is 0 Å². The topological polar surface area (TPSA) is 123 Å². The lowest BCUT2D eigenvalue weighted by molar-refractivity contribution is -0.635. The Morgan fingerprint density at radius 3 is 1.17 bits per heavy atom. The predicted octanol–water partition coefficient (Wildman–Crippen LogP) is 18.0. The molecule has 13 heteroatoms. The van der Waals surface area contributed by atoms with Crippen molar-refractivity contribution in [2.75, 3.05) is 0 Å². The third kappa shape index (κ3) is 16.9. The molecule has 0 aliphatic rings. The Balaban J connectivity index is 0.000000130. The van der Waals surface area contributed by atoms with E-state index >= 15 is 0 Å². The molecule has 0 fully saturated rings. The van der Waals surface area contributed by atoms with Gasteiger partial charge >= 0.3 is 11.3 Å². The van der Waals surface area contributed by atoms with Crippen molar-refractivity contribution >= 4 is 55.4 Å². The van der Waals surface area contributed by atoms with Crippen LogP contribution in [0.15, 0.2) is 231 Å². The van der Waals surface area contributed by atoms with Crippen molar-refractivity contribution in [3.8, 4) is 56.3 Å². The Hall–Kier alpha value is -11.3. The second-order valence-electron chi connectivity index (χ2n) is 28.8. The van der Waals surface area contributed by atoms with E-state index in [1.165, 1.54) is 94.6 Å².